The van der Waals surface area contributed by atoms with Crippen molar-refractivity contribution in [2.45, 2.75) is 52.0 Å². The van der Waals surface area contributed by atoms with Crippen LogP contribution in [0.15, 0.2) is 18.2 Å². The summed E-state index contributed by atoms with van der Waals surface area (Å²) in [6.07, 6.45) is 3.91. The van der Waals surface area contributed by atoms with Crippen LogP contribution >= 0.6 is 0 Å². The number of piperidine rings is 1. The number of hydrogen-bond acceptors (Lipinski definition) is 3. The van der Waals surface area contributed by atoms with Crippen LogP contribution in [0.1, 0.15) is 50.2 Å². The highest BCUT2D eigenvalue weighted by Gasteiger charge is 2.30. The lowest BCUT2D eigenvalue weighted by Crippen LogP contribution is -2.46. The topological polar surface area (TPSA) is 38.5 Å². The fourth-order valence-corrected chi connectivity index (χ4v) is 3.82. The molecule has 2 rings (SSSR count). The van der Waals surface area contributed by atoms with Gasteiger partial charge in [-0.3, -0.25) is 4.90 Å². The van der Waals surface area contributed by atoms with Gasteiger partial charge < -0.3 is 10.5 Å². The molecule has 1 aromatic carbocycles. The molecule has 1 saturated heterocycles. The molecule has 0 saturated carbocycles. The number of methoxy groups -OCH3 is 1. The minimum Gasteiger partial charge on any atom is -0.496 e. The van der Waals surface area contributed by atoms with Crippen LogP contribution in [0.4, 0.5) is 0 Å². The molecule has 1 fully saturated rings. The zero-order valence-electron chi connectivity index (χ0n) is 14.6. The van der Waals surface area contributed by atoms with Crippen LogP contribution in [0, 0.1) is 12.8 Å². The van der Waals surface area contributed by atoms with Crippen molar-refractivity contribution in [3.8, 4) is 5.75 Å². The summed E-state index contributed by atoms with van der Waals surface area (Å²) in [6.45, 7) is 9.83. The van der Waals surface area contributed by atoms with E-state index in [2.05, 4.69) is 43.9 Å². The molecular weight excluding hydrogens is 272 g/mol. The monoisotopic (exact) mass is 304 g/mol. The molecule has 3 heteroatoms. The number of nitrogens with two attached hydrogens (primary N) is 1. The maximum Gasteiger partial charge on any atom is 0.121 e. The van der Waals surface area contributed by atoms with Crippen LogP contribution in [0.2, 0.25) is 0 Å². The summed E-state index contributed by atoms with van der Waals surface area (Å²) in [5, 5.41) is 0. The zero-order valence-corrected chi connectivity index (χ0v) is 14.6. The highest BCUT2D eigenvalue weighted by Crippen LogP contribution is 2.32. The number of benzene rings is 1. The van der Waals surface area contributed by atoms with Crippen molar-refractivity contribution in [3.05, 3.63) is 29.3 Å². The van der Waals surface area contributed by atoms with Gasteiger partial charge >= 0.3 is 0 Å². The first kappa shape index (κ1) is 17.3. The van der Waals surface area contributed by atoms with E-state index in [0.29, 0.717) is 24.4 Å². The predicted octanol–water partition coefficient (Wildman–Crippen LogP) is 3.56. The quantitative estimate of drug-likeness (QED) is 0.873. The third kappa shape index (κ3) is 4.02. The average Bonchev–Trinajstić information content (AvgIpc) is 2.49. The predicted molar refractivity (Wildman–Crippen MR) is 93.6 cm³/mol. The first-order chi connectivity index (χ1) is 10.6. The number of aryl methyl sites for hydroxylation is 1. The van der Waals surface area contributed by atoms with E-state index < -0.39 is 0 Å². The van der Waals surface area contributed by atoms with E-state index in [-0.39, 0.29) is 0 Å². The lowest BCUT2D eigenvalue weighted by molar-refractivity contribution is 0.112. The molecule has 0 bridgehead atoms. The summed E-state index contributed by atoms with van der Waals surface area (Å²) in [4.78, 5) is 2.67. The molecule has 1 aliphatic rings. The van der Waals surface area contributed by atoms with E-state index in [0.717, 1.165) is 5.75 Å². The molecule has 0 aromatic heterocycles. The Hall–Kier alpha value is -1.06. The summed E-state index contributed by atoms with van der Waals surface area (Å²) in [5.41, 5.74) is 8.75. The van der Waals surface area contributed by atoms with Crippen LogP contribution < -0.4 is 10.5 Å². The number of likely N-dealkylation sites (tertiary alicyclic amines) is 1. The van der Waals surface area contributed by atoms with Gasteiger partial charge in [0.05, 0.1) is 7.11 Å². The molecule has 1 aliphatic heterocycles. The minimum absolute atomic E-state index is 0.420. The van der Waals surface area contributed by atoms with Gasteiger partial charge in [0.1, 0.15) is 5.75 Å². The van der Waals surface area contributed by atoms with E-state index in [1.807, 2.05) is 0 Å². The average molecular weight is 304 g/mol. The van der Waals surface area contributed by atoms with Crippen LogP contribution in [-0.4, -0.2) is 37.7 Å². The van der Waals surface area contributed by atoms with Gasteiger partial charge in [-0.2, -0.15) is 0 Å². The van der Waals surface area contributed by atoms with Gasteiger partial charge in [0.2, 0.25) is 0 Å². The second kappa shape index (κ2) is 7.98. The molecular formula is C19H32N2O. The van der Waals surface area contributed by atoms with Crippen molar-refractivity contribution < 1.29 is 4.74 Å². The largest absolute Gasteiger partial charge is 0.496 e. The van der Waals surface area contributed by atoms with Gasteiger partial charge in [0.15, 0.2) is 0 Å². The molecule has 0 spiro atoms. The summed E-state index contributed by atoms with van der Waals surface area (Å²) in [5.74, 6) is 2.09. The van der Waals surface area contributed by atoms with Crippen LogP contribution in [-0.2, 0) is 0 Å². The van der Waals surface area contributed by atoms with E-state index in [1.165, 1.54) is 43.5 Å². The van der Waals surface area contributed by atoms with E-state index in [4.69, 9.17) is 10.5 Å². The number of ether oxygens (including phenoxy) is 1. The Bertz CT molecular complexity index is 473. The summed E-state index contributed by atoms with van der Waals surface area (Å²) >= 11 is 0. The summed E-state index contributed by atoms with van der Waals surface area (Å²) in [7, 11) is 1.73. The summed E-state index contributed by atoms with van der Waals surface area (Å²) in [6, 6.07) is 7.13. The van der Waals surface area contributed by atoms with Crippen molar-refractivity contribution in [2.75, 3.05) is 26.7 Å². The molecule has 1 aromatic rings. The lowest BCUT2D eigenvalue weighted by Gasteiger charge is -2.41. The second-order valence-electron chi connectivity index (χ2n) is 7.02. The van der Waals surface area contributed by atoms with Gasteiger partial charge in [-0.25, -0.2) is 0 Å². The van der Waals surface area contributed by atoms with Crippen molar-refractivity contribution in [1.29, 1.82) is 0 Å². The number of hydrogen-bond donors (Lipinski definition) is 1. The molecule has 2 unspecified atom stereocenters. The van der Waals surface area contributed by atoms with Crippen molar-refractivity contribution >= 4 is 0 Å². The zero-order chi connectivity index (χ0) is 16.1. The Labute approximate surface area is 135 Å². The van der Waals surface area contributed by atoms with E-state index >= 15 is 0 Å². The SMILES string of the molecule is COc1ccc(C(CN)C2CCCCN2CC(C)C)cc1C. The lowest BCUT2D eigenvalue weighted by atomic mass is 9.84. The van der Waals surface area contributed by atoms with Gasteiger partial charge in [-0.05, 0) is 49.4 Å². The molecule has 124 valence electrons. The fourth-order valence-electron chi connectivity index (χ4n) is 3.82. The highest BCUT2D eigenvalue weighted by molar-refractivity contribution is 5.38. The number of rotatable bonds is 6. The van der Waals surface area contributed by atoms with Crippen molar-refractivity contribution in [1.82, 2.24) is 4.90 Å². The molecule has 22 heavy (non-hydrogen) atoms. The van der Waals surface area contributed by atoms with E-state index in [9.17, 15) is 0 Å². The Morgan fingerprint density at radius 3 is 2.68 bits per heavy atom. The van der Waals surface area contributed by atoms with Gasteiger partial charge in [0.25, 0.3) is 0 Å². The fraction of sp³-hybridized carbons (Fsp3) is 0.684. The maximum atomic E-state index is 6.19. The van der Waals surface area contributed by atoms with Crippen LogP contribution in [0.5, 0.6) is 5.75 Å². The normalized spacial score (nSPS) is 21.1. The molecule has 0 aliphatic carbocycles. The smallest absolute Gasteiger partial charge is 0.121 e. The standard InChI is InChI=1S/C19H32N2O/c1-14(2)13-21-10-6-5-7-18(21)17(12-20)16-8-9-19(22-4)15(3)11-16/h8-9,11,14,17-18H,5-7,10,12-13,20H2,1-4H3. The molecule has 0 radical (unpaired) electrons. The van der Waals surface area contributed by atoms with Crippen LogP contribution in [0.25, 0.3) is 0 Å². The molecule has 3 nitrogen and oxygen atoms in total. The van der Waals surface area contributed by atoms with Crippen molar-refractivity contribution in [3.63, 3.8) is 0 Å². The molecule has 1 heterocycles. The third-order valence-electron chi connectivity index (χ3n) is 4.83. The van der Waals surface area contributed by atoms with E-state index in [1.54, 1.807) is 7.11 Å². The second-order valence-corrected chi connectivity index (χ2v) is 7.02. The molecule has 2 N–H and O–H groups in total. The van der Waals surface area contributed by atoms with Gasteiger partial charge in [0, 0.05) is 25.0 Å². The summed E-state index contributed by atoms with van der Waals surface area (Å²) < 4.78 is 5.39. The number of nitrogens with zero attached hydrogens (tertiary/aromatic N) is 1. The molecule has 0 amide bonds. The maximum absolute atomic E-state index is 6.19. The Kier molecular flexibility index (Phi) is 6.27. The first-order valence-corrected chi connectivity index (χ1v) is 8.65. The minimum atomic E-state index is 0.420. The van der Waals surface area contributed by atoms with Crippen molar-refractivity contribution in [2.24, 2.45) is 11.7 Å². The first-order valence-electron chi connectivity index (χ1n) is 8.65. The Morgan fingerprint density at radius 2 is 2.09 bits per heavy atom. The van der Waals surface area contributed by atoms with Gasteiger partial charge in [-0.1, -0.05) is 32.4 Å². The third-order valence-corrected chi connectivity index (χ3v) is 4.83. The molecule has 2 atom stereocenters. The van der Waals surface area contributed by atoms with Gasteiger partial charge in [-0.15, -0.1) is 0 Å². The van der Waals surface area contributed by atoms with Crippen LogP contribution in [0.3, 0.4) is 0 Å². The Balaban J connectivity index is 2.23. The highest BCUT2D eigenvalue weighted by atomic mass is 16.5. The Morgan fingerprint density at radius 1 is 1.32 bits per heavy atom.